The molecule has 2 N–H and O–H groups in total. The quantitative estimate of drug-likeness (QED) is 0.656. The Bertz CT molecular complexity index is 1120. The van der Waals surface area contributed by atoms with E-state index in [-0.39, 0.29) is 17.5 Å². The normalized spacial score (nSPS) is 17.2. The van der Waals surface area contributed by atoms with E-state index in [0.717, 1.165) is 11.3 Å². The van der Waals surface area contributed by atoms with Crippen molar-refractivity contribution in [1.82, 2.24) is 15.4 Å². The summed E-state index contributed by atoms with van der Waals surface area (Å²) in [5.41, 5.74) is 1.99. The van der Waals surface area contributed by atoms with Crippen molar-refractivity contribution in [2.45, 2.75) is 18.5 Å². The number of hydrogen-bond acceptors (Lipinski definition) is 5. The first-order valence-electron chi connectivity index (χ1n) is 9.75. The number of para-hydroxylation sites is 1. The molecule has 2 aliphatic heterocycles. The van der Waals surface area contributed by atoms with Crippen LogP contribution in [0.1, 0.15) is 33.7 Å². The van der Waals surface area contributed by atoms with Crippen molar-refractivity contribution >= 4 is 29.1 Å². The third-order valence-electron chi connectivity index (χ3n) is 5.66. The van der Waals surface area contributed by atoms with Gasteiger partial charge in [-0.15, -0.1) is 0 Å². The van der Waals surface area contributed by atoms with Crippen LogP contribution >= 0.6 is 11.6 Å². The van der Waals surface area contributed by atoms with Crippen molar-refractivity contribution in [3.63, 3.8) is 0 Å². The Morgan fingerprint density at radius 2 is 1.80 bits per heavy atom. The van der Waals surface area contributed by atoms with Crippen molar-refractivity contribution in [3.05, 3.63) is 70.9 Å². The zero-order valence-corrected chi connectivity index (χ0v) is 16.8. The monoisotopic (exact) mass is 422 g/mol. The number of nitrogens with one attached hydrogen (secondary N) is 2. The molecule has 1 saturated heterocycles. The van der Waals surface area contributed by atoms with Crippen molar-refractivity contribution in [3.8, 4) is 11.3 Å². The van der Waals surface area contributed by atoms with Gasteiger partial charge in [-0.25, -0.2) is 0 Å². The fraction of sp³-hybridized carbons (Fsp3) is 0.227. The molecule has 0 atom stereocenters. The first-order chi connectivity index (χ1) is 14.5. The number of fused-ring (bicyclic) bond motifs is 1. The smallest absolute Gasteiger partial charge is 0.276 e. The Balaban J connectivity index is 1.28. The first kappa shape index (κ1) is 18.7. The fourth-order valence-electron chi connectivity index (χ4n) is 3.99. The highest BCUT2D eigenvalue weighted by Gasteiger charge is 2.41. The number of amides is 2. The highest BCUT2D eigenvalue weighted by Crippen LogP contribution is 2.32. The van der Waals surface area contributed by atoms with Gasteiger partial charge in [0.25, 0.3) is 11.8 Å². The molecule has 2 amide bonds. The predicted molar refractivity (Wildman–Crippen MR) is 112 cm³/mol. The van der Waals surface area contributed by atoms with Gasteiger partial charge in [-0.1, -0.05) is 28.9 Å². The first-order valence-corrected chi connectivity index (χ1v) is 10.1. The Kier molecular flexibility index (Phi) is 4.47. The second-order valence-corrected chi connectivity index (χ2v) is 8.02. The second kappa shape index (κ2) is 7.18. The molecule has 0 saturated carbocycles. The number of hydrogen-bond donors (Lipinski definition) is 2. The average molecular weight is 423 g/mol. The Morgan fingerprint density at radius 3 is 2.57 bits per heavy atom. The highest BCUT2D eigenvalue weighted by atomic mass is 35.5. The van der Waals surface area contributed by atoms with E-state index in [1.165, 1.54) is 0 Å². The van der Waals surface area contributed by atoms with Crippen LogP contribution in [-0.4, -0.2) is 40.6 Å². The molecule has 1 fully saturated rings. The predicted octanol–water partition coefficient (Wildman–Crippen LogP) is 3.78. The summed E-state index contributed by atoms with van der Waals surface area (Å²) in [6.07, 6.45) is 1.20. The Morgan fingerprint density at radius 1 is 1.07 bits per heavy atom. The lowest BCUT2D eigenvalue weighted by molar-refractivity contribution is 0.0631. The standard InChI is InChI=1S/C22H19ClN4O3/c23-15-7-5-14(6-8-15)19-13-18(26-30-19)21(29)27-11-9-22(10-12-27)24-17-4-2-1-3-16(17)20(28)25-22/h1-8,13,24H,9-12H2,(H,25,28). The third-order valence-corrected chi connectivity index (χ3v) is 5.91. The number of likely N-dealkylation sites (tertiary alicyclic amines) is 1. The molecule has 30 heavy (non-hydrogen) atoms. The maximum absolute atomic E-state index is 12.9. The minimum absolute atomic E-state index is 0.0896. The molecule has 0 bridgehead atoms. The Labute approximate surface area is 178 Å². The number of rotatable bonds is 2. The van der Waals surface area contributed by atoms with Gasteiger partial charge in [0.1, 0.15) is 5.66 Å². The van der Waals surface area contributed by atoms with E-state index in [0.29, 0.717) is 42.3 Å². The number of piperidine rings is 1. The third kappa shape index (κ3) is 3.31. The van der Waals surface area contributed by atoms with E-state index in [4.69, 9.17) is 16.1 Å². The summed E-state index contributed by atoms with van der Waals surface area (Å²) in [6.45, 7) is 0.995. The molecule has 0 radical (unpaired) electrons. The van der Waals surface area contributed by atoms with Crippen LogP contribution < -0.4 is 10.6 Å². The van der Waals surface area contributed by atoms with Gasteiger partial charge >= 0.3 is 0 Å². The van der Waals surface area contributed by atoms with Crippen LogP contribution in [0.15, 0.2) is 59.1 Å². The molecular weight excluding hydrogens is 404 g/mol. The second-order valence-electron chi connectivity index (χ2n) is 7.58. The molecule has 5 rings (SSSR count). The molecule has 0 aliphatic carbocycles. The summed E-state index contributed by atoms with van der Waals surface area (Å²) >= 11 is 5.92. The number of nitrogens with zero attached hydrogens (tertiary/aromatic N) is 2. The molecule has 3 aromatic rings. The van der Waals surface area contributed by atoms with E-state index < -0.39 is 5.66 Å². The molecule has 2 aliphatic rings. The van der Waals surface area contributed by atoms with E-state index >= 15 is 0 Å². The summed E-state index contributed by atoms with van der Waals surface area (Å²) in [4.78, 5) is 27.1. The topological polar surface area (TPSA) is 87.5 Å². The lowest BCUT2D eigenvalue weighted by Crippen LogP contribution is -2.62. The van der Waals surface area contributed by atoms with Gasteiger partial charge in [-0.05, 0) is 36.4 Å². The van der Waals surface area contributed by atoms with Gasteiger partial charge in [0.2, 0.25) is 0 Å². The molecule has 1 spiro atoms. The summed E-state index contributed by atoms with van der Waals surface area (Å²) in [7, 11) is 0. The van der Waals surface area contributed by atoms with Gasteiger partial charge in [0.05, 0.1) is 5.56 Å². The molecule has 2 aromatic carbocycles. The lowest BCUT2D eigenvalue weighted by atomic mass is 9.92. The van der Waals surface area contributed by atoms with Crippen LogP contribution in [0.3, 0.4) is 0 Å². The van der Waals surface area contributed by atoms with Gasteiger partial charge < -0.3 is 20.1 Å². The highest BCUT2D eigenvalue weighted by molar-refractivity contribution is 6.30. The van der Waals surface area contributed by atoms with E-state index in [2.05, 4.69) is 15.8 Å². The number of carbonyl (C=O) groups excluding carboxylic acids is 2. The van der Waals surface area contributed by atoms with Crippen molar-refractivity contribution in [2.75, 3.05) is 18.4 Å². The molecule has 1 aromatic heterocycles. The molecule has 3 heterocycles. The molecule has 152 valence electrons. The van der Waals surface area contributed by atoms with Gasteiger partial charge in [-0.3, -0.25) is 9.59 Å². The molecule has 7 nitrogen and oxygen atoms in total. The molecule has 0 unspecified atom stereocenters. The average Bonchev–Trinajstić information content (AvgIpc) is 3.25. The number of anilines is 1. The van der Waals surface area contributed by atoms with E-state index in [1.54, 1.807) is 29.2 Å². The SMILES string of the molecule is O=C1NC2(CCN(C(=O)c3cc(-c4ccc(Cl)cc4)on3)CC2)Nc2ccccc21. The zero-order valence-electron chi connectivity index (χ0n) is 16.0. The number of aromatic nitrogens is 1. The van der Waals surface area contributed by atoms with Crippen molar-refractivity contribution < 1.29 is 14.1 Å². The minimum Gasteiger partial charge on any atom is -0.362 e. The maximum Gasteiger partial charge on any atom is 0.276 e. The summed E-state index contributed by atoms with van der Waals surface area (Å²) in [5, 5.41) is 11.1. The van der Waals surface area contributed by atoms with Crippen molar-refractivity contribution in [1.29, 1.82) is 0 Å². The number of benzene rings is 2. The largest absolute Gasteiger partial charge is 0.362 e. The van der Waals surface area contributed by atoms with Gasteiger partial charge in [0.15, 0.2) is 11.5 Å². The number of halogens is 1. The number of carbonyl (C=O) groups is 2. The van der Waals surface area contributed by atoms with Crippen LogP contribution in [0.25, 0.3) is 11.3 Å². The van der Waals surface area contributed by atoms with Crippen LogP contribution in [0.2, 0.25) is 5.02 Å². The van der Waals surface area contributed by atoms with Crippen LogP contribution in [0.5, 0.6) is 0 Å². The summed E-state index contributed by atoms with van der Waals surface area (Å²) in [6, 6.07) is 16.2. The van der Waals surface area contributed by atoms with Crippen LogP contribution in [0.4, 0.5) is 5.69 Å². The summed E-state index contributed by atoms with van der Waals surface area (Å²) in [5.74, 6) is 0.242. The minimum atomic E-state index is -0.541. The molecule has 8 heteroatoms. The van der Waals surface area contributed by atoms with E-state index in [1.807, 2.05) is 30.3 Å². The van der Waals surface area contributed by atoms with Crippen molar-refractivity contribution in [2.24, 2.45) is 0 Å². The van der Waals surface area contributed by atoms with E-state index in [9.17, 15) is 9.59 Å². The maximum atomic E-state index is 12.9. The lowest BCUT2D eigenvalue weighted by Gasteiger charge is -2.45. The summed E-state index contributed by atoms with van der Waals surface area (Å²) < 4.78 is 5.36. The van der Waals surface area contributed by atoms with Gasteiger partial charge in [-0.2, -0.15) is 0 Å². The van der Waals surface area contributed by atoms with Gasteiger partial charge in [0, 0.05) is 48.3 Å². The fourth-order valence-corrected chi connectivity index (χ4v) is 4.12. The molecular formula is C22H19ClN4O3. The van der Waals surface area contributed by atoms with Crippen LogP contribution in [-0.2, 0) is 0 Å². The zero-order chi connectivity index (χ0) is 20.7. The Hall–Kier alpha value is -3.32. The van der Waals surface area contributed by atoms with Crippen LogP contribution in [0, 0.1) is 0 Å².